The summed E-state index contributed by atoms with van der Waals surface area (Å²) in [7, 11) is 0. The van der Waals surface area contributed by atoms with E-state index in [1.54, 1.807) is 0 Å². The van der Waals surface area contributed by atoms with Gasteiger partial charge in [-0.05, 0) is 30.5 Å². The number of rotatable bonds is 3. The number of aryl methyl sites for hydroxylation is 1. The molecule has 0 fully saturated rings. The van der Waals surface area contributed by atoms with Crippen LogP contribution in [0.5, 0.6) is 0 Å². The summed E-state index contributed by atoms with van der Waals surface area (Å²) in [6.45, 7) is 4.83. The molecular weight excluding hydrogens is 170 g/mol. The van der Waals surface area contributed by atoms with E-state index in [9.17, 15) is 0 Å². The molecule has 0 radical (unpaired) electrons. The molecule has 0 aromatic heterocycles. The molecule has 0 aliphatic heterocycles. The van der Waals surface area contributed by atoms with Gasteiger partial charge in [-0.2, -0.15) is 0 Å². The van der Waals surface area contributed by atoms with Crippen LogP contribution >= 0.6 is 0 Å². The molecule has 0 saturated carbocycles. The molecule has 1 aromatic rings. The fraction of sp³-hybridized carbons (Fsp3) is 0.231. The van der Waals surface area contributed by atoms with Gasteiger partial charge in [-0.15, -0.1) is 0 Å². The van der Waals surface area contributed by atoms with E-state index >= 15 is 0 Å². The zero-order valence-corrected chi connectivity index (χ0v) is 8.83. The van der Waals surface area contributed by atoms with Crippen molar-refractivity contribution in [1.82, 2.24) is 0 Å². The number of allylic oxidation sites excluding steroid dienone is 3. The third-order valence-corrected chi connectivity index (χ3v) is 2.19. The average Bonchev–Trinajstić information content (AvgIpc) is 2.18. The Morgan fingerprint density at radius 1 is 1.36 bits per heavy atom. The fourth-order valence-electron chi connectivity index (χ4n) is 1.40. The summed E-state index contributed by atoms with van der Waals surface area (Å²) in [6.07, 6.45) is 6.04. The minimum Gasteiger partial charge on any atom is -0.327 e. The van der Waals surface area contributed by atoms with Crippen LogP contribution in [0.25, 0.3) is 5.57 Å². The summed E-state index contributed by atoms with van der Waals surface area (Å²) in [4.78, 5) is 0. The van der Waals surface area contributed by atoms with E-state index in [1.807, 2.05) is 12.2 Å². The first kappa shape index (κ1) is 10.7. The molecule has 0 amide bonds. The van der Waals surface area contributed by atoms with Crippen LogP contribution in [0.1, 0.15) is 18.1 Å². The topological polar surface area (TPSA) is 26.0 Å². The van der Waals surface area contributed by atoms with E-state index in [-0.39, 0.29) is 0 Å². The molecule has 0 aliphatic carbocycles. The fourth-order valence-corrected chi connectivity index (χ4v) is 1.40. The minimum absolute atomic E-state index is 0.595. The minimum atomic E-state index is 0.595. The van der Waals surface area contributed by atoms with E-state index in [0.717, 1.165) is 0 Å². The molecular formula is C13H17N. The van der Waals surface area contributed by atoms with Gasteiger partial charge in [0.15, 0.2) is 0 Å². The van der Waals surface area contributed by atoms with Gasteiger partial charge >= 0.3 is 0 Å². The maximum Gasteiger partial charge on any atom is 0.0109 e. The van der Waals surface area contributed by atoms with Crippen LogP contribution in [-0.2, 0) is 0 Å². The number of hydrogen-bond acceptors (Lipinski definition) is 1. The molecule has 0 saturated heterocycles. The molecule has 0 bridgehead atoms. The zero-order chi connectivity index (χ0) is 10.4. The van der Waals surface area contributed by atoms with E-state index in [2.05, 4.69) is 44.2 Å². The first-order valence-corrected chi connectivity index (χ1v) is 4.85. The van der Waals surface area contributed by atoms with Crippen molar-refractivity contribution >= 4 is 5.57 Å². The summed E-state index contributed by atoms with van der Waals surface area (Å²) >= 11 is 0. The van der Waals surface area contributed by atoms with Gasteiger partial charge in [0.25, 0.3) is 0 Å². The molecule has 2 N–H and O–H groups in total. The Kier molecular flexibility index (Phi) is 4.14. The van der Waals surface area contributed by atoms with Gasteiger partial charge in [-0.1, -0.05) is 42.5 Å². The van der Waals surface area contributed by atoms with Gasteiger partial charge in [-0.25, -0.2) is 0 Å². The highest BCUT2D eigenvalue weighted by atomic mass is 14.5. The lowest BCUT2D eigenvalue weighted by Gasteiger charge is -2.04. The van der Waals surface area contributed by atoms with E-state index in [4.69, 9.17) is 5.73 Å². The predicted octanol–water partition coefficient (Wildman–Crippen LogP) is 2.91. The Balaban J connectivity index is 2.89. The molecule has 1 nitrogen and oxygen atoms in total. The smallest absolute Gasteiger partial charge is 0.0109 e. The summed E-state index contributed by atoms with van der Waals surface area (Å²) in [5.41, 5.74) is 9.25. The summed E-state index contributed by atoms with van der Waals surface area (Å²) in [5.74, 6) is 0. The Hall–Kier alpha value is -1.34. The Morgan fingerprint density at radius 2 is 2.07 bits per heavy atom. The Labute approximate surface area is 85.9 Å². The SMILES string of the molecule is C/C(=C\C=C/CN)c1ccccc1C. The molecule has 0 aliphatic rings. The highest BCUT2D eigenvalue weighted by Gasteiger charge is 1.96. The van der Waals surface area contributed by atoms with Crippen molar-refractivity contribution < 1.29 is 0 Å². The molecule has 1 aromatic carbocycles. The van der Waals surface area contributed by atoms with Crippen LogP contribution in [0.4, 0.5) is 0 Å². The number of nitrogens with two attached hydrogens (primary N) is 1. The standard InChI is InChI=1S/C13H17N/c1-11-7-3-4-9-13(11)12(2)8-5-6-10-14/h3-9H,10,14H2,1-2H3/b6-5-,12-8+. The maximum atomic E-state index is 5.37. The molecule has 74 valence electrons. The van der Waals surface area contributed by atoms with Crippen molar-refractivity contribution in [2.75, 3.05) is 6.54 Å². The normalized spacial score (nSPS) is 12.4. The molecule has 0 spiro atoms. The van der Waals surface area contributed by atoms with Crippen LogP contribution in [0.2, 0.25) is 0 Å². The van der Waals surface area contributed by atoms with Crippen LogP contribution < -0.4 is 5.73 Å². The van der Waals surface area contributed by atoms with Gasteiger partial charge in [0, 0.05) is 6.54 Å². The largest absolute Gasteiger partial charge is 0.327 e. The van der Waals surface area contributed by atoms with E-state index < -0.39 is 0 Å². The van der Waals surface area contributed by atoms with Crippen molar-refractivity contribution in [3.8, 4) is 0 Å². The van der Waals surface area contributed by atoms with Crippen molar-refractivity contribution in [1.29, 1.82) is 0 Å². The summed E-state index contributed by atoms with van der Waals surface area (Å²) in [6, 6.07) is 8.38. The lowest BCUT2D eigenvalue weighted by atomic mass is 10.0. The van der Waals surface area contributed by atoms with Crippen LogP contribution in [0.3, 0.4) is 0 Å². The van der Waals surface area contributed by atoms with Gasteiger partial charge in [0.1, 0.15) is 0 Å². The second kappa shape index (κ2) is 5.40. The van der Waals surface area contributed by atoms with Gasteiger partial charge < -0.3 is 5.73 Å². The molecule has 0 atom stereocenters. The number of benzene rings is 1. The van der Waals surface area contributed by atoms with Crippen molar-refractivity contribution in [3.63, 3.8) is 0 Å². The molecule has 1 heteroatoms. The van der Waals surface area contributed by atoms with E-state index in [1.165, 1.54) is 16.7 Å². The van der Waals surface area contributed by atoms with E-state index in [0.29, 0.717) is 6.54 Å². The van der Waals surface area contributed by atoms with Gasteiger partial charge in [0.05, 0.1) is 0 Å². The average molecular weight is 187 g/mol. The lowest BCUT2D eigenvalue weighted by Crippen LogP contribution is -1.91. The monoisotopic (exact) mass is 187 g/mol. The highest BCUT2D eigenvalue weighted by Crippen LogP contribution is 2.17. The number of hydrogen-bond donors (Lipinski definition) is 1. The first-order valence-electron chi connectivity index (χ1n) is 4.85. The Morgan fingerprint density at radius 3 is 2.71 bits per heavy atom. The summed E-state index contributed by atoms with van der Waals surface area (Å²) < 4.78 is 0. The quantitative estimate of drug-likeness (QED) is 0.723. The summed E-state index contributed by atoms with van der Waals surface area (Å²) in [5, 5.41) is 0. The first-order chi connectivity index (χ1) is 6.75. The zero-order valence-electron chi connectivity index (χ0n) is 8.83. The third-order valence-electron chi connectivity index (χ3n) is 2.19. The Bertz CT molecular complexity index is 348. The molecule has 0 unspecified atom stereocenters. The van der Waals surface area contributed by atoms with Gasteiger partial charge in [-0.3, -0.25) is 0 Å². The second-order valence-electron chi connectivity index (χ2n) is 3.33. The van der Waals surface area contributed by atoms with Gasteiger partial charge in [0.2, 0.25) is 0 Å². The van der Waals surface area contributed by atoms with Crippen LogP contribution in [0, 0.1) is 6.92 Å². The molecule has 14 heavy (non-hydrogen) atoms. The van der Waals surface area contributed by atoms with Crippen molar-refractivity contribution in [3.05, 3.63) is 53.6 Å². The molecule has 0 heterocycles. The second-order valence-corrected chi connectivity index (χ2v) is 3.33. The van der Waals surface area contributed by atoms with Crippen LogP contribution in [0.15, 0.2) is 42.5 Å². The molecule has 1 rings (SSSR count). The van der Waals surface area contributed by atoms with Crippen molar-refractivity contribution in [2.24, 2.45) is 5.73 Å². The lowest BCUT2D eigenvalue weighted by molar-refractivity contribution is 1.25. The van der Waals surface area contributed by atoms with Crippen molar-refractivity contribution in [2.45, 2.75) is 13.8 Å². The predicted molar refractivity (Wildman–Crippen MR) is 63.0 cm³/mol. The highest BCUT2D eigenvalue weighted by molar-refractivity contribution is 5.67. The maximum absolute atomic E-state index is 5.37. The third kappa shape index (κ3) is 2.86. The van der Waals surface area contributed by atoms with Crippen LogP contribution in [-0.4, -0.2) is 6.54 Å².